The van der Waals surface area contributed by atoms with Crippen LogP contribution in [0.3, 0.4) is 0 Å². The smallest absolute Gasteiger partial charge is 0.352 e. The first-order chi connectivity index (χ1) is 22.0. The summed E-state index contributed by atoms with van der Waals surface area (Å²) in [6.45, 7) is 5.22. The Morgan fingerprint density at radius 1 is 0.957 bits per heavy atom. The number of phenols is 2. The van der Waals surface area contributed by atoms with E-state index in [2.05, 4.69) is 15.1 Å². The minimum atomic E-state index is -1.46. The molecule has 46 heavy (non-hydrogen) atoms. The van der Waals surface area contributed by atoms with Crippen LogP contribution in [0, 0.1) is 13.8 Å². The van der Waals surface area contributed by atoms with Crippen LogP contribution < -0.4 is 15.2 Å². The van der Waals surface area contributed by atoms with Crippen molar-refractivity contribution in [1.29, 1.82) is 0 Å². The molecule has 13 nitrogen and oxygen atoms in total. The molecule has 0 amide bonds. The maximum Gasteiger partial charge on any atom is 0.352 e. The highest BCUT2D eigenvalue weighted by Gasteiger charge is 2.55. The van der Waals surface area contributed by atoms with Crippen molar-refractivity contribution >= 4 is 22.9 Å². The molecule has 1 aliphatic heterocycles. The maximum atomic E-state index is 14.5. The number of benzene rings is 2. The second-order valence-electron chi connectivity index (χ2n) is 11.4. The molecule has 0 radical (unpaired) electrons. The van der Waals surface area contributed by atoms with Gasteiger partial charge >= 0.3 is 5.69 Å². The zero-order valence-electron chi connectivity index (χ0n) is 25.6. The minimum absolute atomic E-state index is 0.0466. The number of ether oxygens (including phenoxy) is 3. The van der Waals surface area contributed by atoms with Crippen molar-refractivity contribution in [2.75, 3.05) is 20.8 Å². The van der Waals surface area contributed by atoms with Crippen molar-refractivity contribution in [2.24, 2.45) is 0 Å². The number of allylic oxidation sites excluding steroid dienone is 1. The van der Waals surface area contributed by atoms with Crippen LogP contribution in [0.5, 0.6) is 28.9 Å². The predicted molar refractivity (Wildman–Crippen MR) is 166 cm³/mol. The van der Waals surface area contributed by atoms with Crippen LogP contribution in [0.15, 0.2) is 47.0 Å². The van der Waals surface area contributed by atoms with E-state index in [0.29, 0.717) is 28.4 Å². The van der Waals surface area contributed by atoms with Crippen LogP contribution in [0.1, 0.15) is 39.8 Å². The standard InChI is InChI=1S/C33H29N5O8/c1-15-26(39)24(20-11-10-19-30(34-20)37(12-13-44-4)32(43)35-31(19)42)28-25(27(15)40)33(3)22(46-28)14-21-23(29(33)41)16(2)36-38(21)17-6-8-18(45-5)9-7-17/h6-11,14,39-40H,12-13H2,1-5H3,(H,35,42,43). The molecule has 0 saturated carbocycles. The van der Waals surface area contributed by atoms with E-state index in [0.717, 1.165) is 0 Å². The van der Waals surface area contributed by atoms with Gasteiger partial charge in [0.25, 0.3) is 0 Å². The Labute approximate surface area is 261 Å². The fraction of sp³-hybridized carbons (Fsp3) is 0.242. The number of aromatic nitrogens is 5. The van der Waals surface area contributed by atoms with Gasteiger partial charge in [-0.1, -0.05) is 0 Å². The Hall–Kier alpha value is -5.69. The van der Waals surface area contributed by atoms with E-state index in [1.165, 1.54) is 30.7 Å². The molecule has 1 aliphatic carbocycles. The van der Waals surface area contributed by atoms with Gasteiger partial charge in [0.1, 0.15) is 39.8 Å². The van der Waals surface area contributed by atoms with Gasteiger partial charge in [0.2, 0.25) is 5.88 Å². The number of pyridine rings is 1. The van der Waals surface area contributed by atoms with Crippen molar-refractivity contribution in [1.82, 2.24) is 24.3 Å². The summed E-state index contributed by atoms with van der Waals surface area (Å²) in [6, 6.07) is 10.3. The summed E-state index contributed by atoms with van der Waals surface area (Å²) in [5.74, 6) is -0.492. The highest BCUT2D eigenvalue weighted by Crippen LogP contribution is 2.60. The van der Waals surface area contributed by atoms with E-state index in [4.69, 9.17) is 14.2 Å². The van der Waals surface area contributed by atoms with Gasteiger partial charge in [-0.2, -0.15) is 10.1 Å². The number of Topliss-reactive ketones (excluding diaryl/α,β-unsaturated/α-hetero) is 1. The number of rotatable bonds is 6. The number of hydrogen-bond acceptors (Lipinski definition) is 11. The van der Waals surface area contributed by atoms with Gasteiger partial charge < -0.3 is 29.5 Å². The number of phenolic OH excluding ortho intramolecular Hbond substituents is 2. The molecule has 1 unspecified atom stereocenters. The summed E-state index contributed by atoms with van der Waals surface area (Å²) in [5, 5.41) is 38.2. The van der Waals surface area contributed by atoms with Crippen LogP contribution in [0.25, 0.3) is 34.1 Å². The lowest BCUT2D eigenvalue weighted by molar-refractivity contribution is 0.0905. The van der Waals surface area contributed by atoms with Crippen LogP contribution in [-0.2, 0) is 16.7 Å². The van der Waals surface area contributed by atoms with Crippen molar-refractivity contribution in [3.8, 4) is 45.8 Å². The van der Waals surface area contributed by atoms with E-state index >= 15 is 0 Å². The van der Waals surface area contributed by atoms with Gasteiger partial charge in [0, 0.05) is 18.7 Å². The second kappa shape index (κ2) is 10.2. The highest BCUT2D eigenvalue weighted by molar-refractivity contribution is 6.14. The molecule has 2 aromatic carbocycles. The summed E-state index contributed by atoms with van der Waals surface area (Å²) < 4.78 is 19.7. The van der Waals surface area contributed by atoms with E-state index in [1.807, 2.05) is 12.1 Å². The van der Waals surface area contributed by atoms with Crippen LogP contribution >= 0.6 is 0 Å². The lowest BCUT2D eigenvalue weighted by Crippen LogP contribution is -2.36. The lowest BCUT2D eigenvalue weighted by atomic mass is 9.71. The summed E-state index contributed by atoms with van der Waals surface area (Å²) in [5.41, 5.74) is 0.551. The number of aryl methyl sites for hydroxylation is 1. The van der Waals surface area contributed by atoms with E-state index in [1.54, 1.807) is 43.8 Å². The van der Waals surface area contributed by atoms with E-state index < -0.39 is 17.0 Å². The third kappa shape index (κ3) is 3.88. The molecule has 0 saturated heterocycles. The molecular weight excluding hydrogens is 594 g/mol. The SMILES string of the molecule is COCCn1c(=O)nc(O)c2ccc(-c3c(O)c(C)c(O)c4c3OC3=Cc5c(c(C)nn5-c5ccc(OC)cc5)C(=O)C34C)nc21. The molecule has 2 aliphatic rings. The summed E-state index contributed by atoms with van der Waals surface area (Å²) in [7, 11) is 3.06. The summed E-state index contributed by atoms with van der Waals surface area (Å²) in [6.07, 6.45) is 1.72. The number of nitrogens with zero attached hydrogens (tertiary/aromatic N) is 5. The van der Waals surface area contributed by atoms with Crippen LogP contribution in [-0.4, -0.2) is 66.2 Å². The Bertz CT molecular complexity index is 2220. The largest absolute Gasteiger partial charge is 0.507 e. The molecule has 3 N–H and O–H groups in total. The number of fused-ring (bicyclic) bond motifs is 5. The number of aromatic hydroxyl groups is 3. The molecule has 1 atom stereocenters. The van der Waals surface area contributed by atoms with Gasteiger partial charge in [-0.3, -0.25) is 9.36 Å². The Kier molecular flexibility index (Phi) is 6.42. The average Bonchev–Trinajstić information content (AvgIpc) is 3.54. The lowest BCUT2D eigenvalue weighted by Gasteiger charge is -2.27. The Balaban J connectivity index is 1.45. The zero-order valence-corrected chi connectivity index (χ0v) is 25.6. The van der Waals surface area contributed by atoms with E-state index in [9.17, 15) is 24.9 Å². The number of methoxy groups -OCH3 is 2. The molecule has 234 valence electrons. The minimum Gasteiger partial charge on any atom is -0.507 e. The number of carbonyl (C=O) groups is 1. The number of ketones is 1. The van der Waals surface area contributed by atoms with Crippen molar-refractivity contribution in [3.05, 3.63) is 80.7 Å². The molecule has 13 heteroatoms. The van der Waals surface area contributed by atoms with E-state index in [-0.39, 0.29) is 75.4 Å². The molecule has 0 fully saturated rings. The molecule has 3 aromatic heterocycles. The molecule has 7 rings (SSSR count). The van der Waals surface area contributed by atoms with Gasteiger partial charge in [-0.25, -0.2) is 14.5 Å². The Morgan fingerprint density at radius 2 is 1.70 bits per heavy atom. The monoisotopic (exact) mass is 623 g/mol. The number of hydrogen-bond donors (Lipinski definition) is 3. The van der Waals surface area contributed by atoms with Gasteiger partial charge in [0.15, 0.2) is 5.78 Å². The maximum absolute atomic E-state index is 14.5. The quantitative estimate of drug-likeness (QED) is 0.250. The predicted octanol–water partition coefficient (Wildman–Crippen LogP) is 3.92. The van der Waals surface area contributed by atoms with Gasteiger partial charge in [-0.05, 0) is 57.2 Å². The third-order valence-corrected chi connectivity index (χ3v) is 8.78. The van der Waals surface area contributed by atoms with Crippen LogP contribution in [0.2, 0.25) is 0 Å². The first-order valence-electron chi connectivity index (χ1n) is 14.4. The Morgan fingerprint density at radius 3 is 2.39 bits per heavy atom. The molecule has 0 spiro atoms. The first-order valence-corrected chi connectivity index (χ1v) is 14.4. The fourth-order valence-corrected chi connectivity index (χ4v) is 6.27. The normalized spacial score (nSPS) is 16.5. The summed E-state index contributed by atoms with van der Waals surface area (Å²) in [4.78, 5) is 35.5. The number of carbonyl (C=O) groups excluding carboxylic acids is 1. The molecule has 4 heterocycles. The molecule has 0 bridgehead atoms. The zero-order chi connectivity index (χ0) is 32.7. The summed E-state index contributed by atoms with van der Waals surface area (Å²) >= 11 is 0. The average molecular weight is 624 g/mol. The van der Waals surface area contributed by atoms with Crippen molar-refractivity contribution in [3.63, 3.8) is 0 Å². The molecule has 5 aromatic rings. The van der Waals surface area contributed by atoms with Gasteiger partial charge in [0.05, 0.1) is 65.1 Å². The first kappa shape index (κ1) is 29.0. The topological polar surface area (TPSA) is 171 Å². The molecular formula is C33H29N5O8. The van der Waals surface area contributed by atoms with Crippen molar-refractivity contribution in [2.45, 2.75) is 32.7 Å². The van der Waals surface area contributed by atoms with Crippen LogP contribution in [0.4, 0.5) is 0 Å². The fourth-order valence-electron chi connectivity index (χ4n) is 6.27. The van der Waals surface area contributed by atoms with Crippen molar-refractivity contribution < 1.29 is 34.3 Å². The van der Waals surface area contributed by atoms with Gasteiger partial charge in [-0.15, -0.1) is 0 Å². The highest BCUT2D eigenvalue weighted by atomic mass is 16.5. The second-order valence-corrected chi connectivity index (χ2v) is 11.4. The third-order valence-electron chi connectivity index (χ3n) is 8.78.